The Bertz CT molecular complexity index is 391. The first-order chi connectivity index (χ1) is 9.04. The molecule has 4 heteroatoms. The molecule has 1 heterocycles. The molecular weight excluding hydrogens is 238 g/mol. The minimum Gasteiger partial charge on any atom is -0.477 e. The Kier molecular flexibility index (Phi) is 6.81. The van der Waals surface area contributed by atoms with Crippen LogP contribution in [0.2, 0.25) is 0 Å². The number of hydrogen-bond donors (Lipinski definition) is 1. The van der Waals surface area contributed by atoms with Gasteiger partial charge in [-0.15, -0.1) is 0 Å². The summed E-state index contributed by atoms with van der Waals surface area (Å²) in [6.45, 7) is 9.76. The van der Waals surface area contributed by atoms with Crippen LogP contribution in [0.15, 0.2) is 6.07 Å². The predicted molar refractivity (Wildman–Crippen MR) is 79.8 cm³/mol. The highest BCUT2D eigenvalue weighted by atomic mass is 16.5. The molecule has 0 unspecified atom stereocenters. The standard InChI is InChI=1S/C15H27N3O/c1-6-16-11-14-12(2)10-13(3)17-15(14)19-9-7-8-18(4)5/h10,16H,6-9,11H2,1-5H3. The number of ether oxygens (including phenoxy) is 1. The molecule has 0 bridgehead atoms. The van der Waals surface area contributed by atoms with Crippen molar-refractivity contribution in [2.45, 2.75) is 33.7 Å². The van der Waals surface area contributed by atoms with E-state index in [1.54, 1.807) is 0 Å². The molecule has 0 radical (unpaired) electrons. The Hall–Kier alpha value is -1.13. The lowest BCUT2D eigenvalue weighted by atomic mass is 10.1. The van der Waals surface area contributed by atoms with E-state index in [2.05, 4.69) is 49.2 Å². The minimum atomic E-state index is 0.715. The van der Waals surface area contributed by atoms with Gasteiger partial charge in [-0.25, -0.2) is 4.98 Å². The summed E-state index contributed by atoms with van der Waals surface area (Å²) in [5, 5.41) is 3.35. The number of rotatable bonds is 8. The topological polar surface area (TPSA) is 37.4 Å². The molecule has 108 valence electrons. The van der Waals surface area contributed by atoms with E-state index >= 15 is 0 Å². The van der Waals surface area contributed by atoms with Gasteiger partial charge < -0.3 is 15.0 Å². The molecule has 1 aromatic rings. The lowest BCUT2D eigenvalue weighted by molar-refractivity contribution is 0.269. The van der Waals surface area contributed by atoms with Crippen molar-refractivity contribution in [1.29, 1.82) is 0 Å². The van der Waals surface area contributed by atoms with E-state index in [4.69, 9.17) is 4.74 Å². The lowest BCUT2D eigenvalue weighted by Crippen LogP contribution is -2.18. The third-order valence-corrected chi connectivity index (χ3v) is 2.98. The molecule has 0 fully saturated rings. The molecule has 0 saturated carbocycles. The van der Waals surface area contributed by atoms with E-state index < -0.39 is 0 Å². The van der Waals surface area contributed by atoms with Crippen LogP contribution in [-0.2, 0) is 6.54 Å². The summed E-state index contributed by atoms with van der Waals surface area (Å²) in [7, 11) is 4.15. The first-order valence-electron chi connectivity index (χ1n) is 7.00. The molecule has 0 aliphatic rings. The molecule has 1 aromatic heterocycles. The van der Waals surface area contributed by atoms with Crippen molar-refractivity contribution in [1.82, 2.24) is 15.2 Å². The van der Waals surface area contributed by atoms with Crippen LogP contribution in [0.3, 0.4) is 0 Å². The Morgan fingerprint density at radius 2 is 2.05 bits per heavy atom. The highest BCUT2D eigenvalue weighted by Gasteiger charge is 2.09. The summed E-state index contributed by atoms with van der Waals surface area (Å²) in [6, 6.07) is 2.11. The largest absolute Gasteiger partial charge is 0.477 e. The quantitative estimate of drug-likeness (QED) is 0.731. The van der Waals surface area contributed by atoms with Gasteiger partial charge in [-0.2, -0.15) is 0 Å². The maximum Gasteiger partial charge on any atom is 0.218 e. The van der Waals surface area contributed by atoms with Crippen molar-refractivity contribution in [2.75, 3.05) is 33.8 Å². The summed E-state index contributed by atoms with van der Waals surface area (Å²) in [6.07, 6.45) is 1.02. The van der Waals surface area contributed by atoms with E-state index in [-0.39, 0.29) is 0 Å². The van der Waals surface area contributed by atoms with Gasteiger partial charge in [0.15, 0.2) is 0 Å². The van der Waals surface area contributed by atoms with Crippen LogP contribution in [0.5, 0.6) is 5.88 Å². The SMILES string of the molecule is CCNCc1c(C)cc(C)nc1OCCCN(C)C. The maximum absolute atomic E-state index is 5.87. The van der Waals surface area contributed by atoms with Crippen LogP contribution in [0.25, 0.3) is 0 Å². The van der Waals surface area contributed by atoms with Gasteiger partial charge in [-0.1, -0.05) is 6.92 Å². The zero-order valence-electron chi connectivity index (χ0n) is 12.9. The molecule has 4 nitrogen and oxygen atoms in total. The van der Waals surface area contributed by atoms with Crippen LogP contribution in [0.4, 0.5) is 0 Å². The molecule has 1 N–H and O–H groups in total. The second-order valence-electron chi connectivity index (χ2n) is 5.15. The van der Waals surface area contributed by atoms with E-state index in [9.17, 15) is 0 Å². The third-order valence-electron chi connectivity index (χ3n) is 2.98. The number of nitrogens with zero attached hydrogens (tertiary/aromatic N) is 2. The number of aryl methyl sites for hydroxylation is 2. The van der Waals surface area contributed by atoms with Crippen molar-refractivity contribution in [2.24, 2.45) is 0 Å². The van der Waals surface area contributed by atoms with E-state index in [0.29, 0.717) is 6.61 Å². The summed E-state index contributed by atoms with van der Waals surface area (Å²) in [5.41, 5.74) is 3.44. The molecule has 0 saturated heterocycles. The fourth-order valence-electron chi connectivity index (χ4n) is 1.96. The molecule has 0 aliphatic carbocycles. The number of aromatic nitrogens is 1. The van der Waals surface area contributed by atoms with Crippen molar-refractivity contribution >= 4 is 0 Å². The normalized spacial score (nSPS) is 11.1. The summed E-state index contributed by atoms with van der Waals surface area (Å²) < 4.78 is 5.87. The molecule has 19 heavy (non-hydrogen) atoms. The van der Waals surface area contributed by atoms with Crippen LogP contribution < -0.4 is 10.1 Å². The Morgan fingerprint density at radius 3 is 2.68 bits per heavy atom. The van der Waals surface area contributed by atoms with E-state index in [1.807, 2.05) is 6.92 Å². The molecule has 1 rings (SSSR count). The molecule has 0 aromatic carbocycles. The average molecular weight is 265 g/mol. The van der Waals surface area contributed by atoms with Gasteiger partial charge in [0, 0.05) is 24.3 Å². The Balaban J connectivity index is 2.68. The van der Waals surface area contributed by atoms with Crippen molar-refractivity contribution in [3.63, 3.8) is 0 Å². The third kappa shape index (κ3) is 5.57. The summed E-state index contributed by atoms with van der Waals surface area (Å²) in [4.78, 5) is 6.69. The monoisotopic (exact) mass is 265 g/mol. The number of pyridine rings is 1. The molecule has 0 spiro atoms. The first-order valence-corrected chi connectivity index (χ1v) is 7.00. The van der Waals surface area contributed by atoms with Gasteiger partial charge in [-0.05, 0) is 52.5 Å². The predicted octanol–water partition coefficient (Wildman–Crippen LogP) is 2.14. The summed E-state index contributed by atoms with van der Waals surface area (Å²) >= 11 is 0. The molecular formula is C15H27N3O. The first kappa shape index (κ1) is 15.9. The molecule has 0 atom stereocenters. The zero-order chi connectivity index (χ0) is 14.3. The minimum absolute atomic E-state index is 0.715. The van der Waals surface area contributed by atoms with Gasteiger partial charge >= 0.3 is 0 Å². The fraction of sp³-hybridized carbons (Fsp3) is 0.667. The van der Waals surface area contributed by atoms with Crippen LogP contribution in [0, 0.1) is 13.8 Å². The van der Waals surface area contributed by atoms with Crippen LogP contribution >= 0.6 is 0 Å². The number of nitrogens with one attached hydrogen (secondary N) is 1. The van der Waals surface area contributed by atoms with Crippen LogP contribution in [-0.4, -0.2) is 43.7 Å². The van der Waals surface area contributed by atoms with Crippen LogP contribution in [0.1, 0.15) is 30.2 Å². The zero-order valence-corrected chi connectivity index (χ0v) is 12.9. The second-order valence-corrected chi connectivity index (χ2v) is 5.15. The van der Waals surface area contributed by atoms with Gasteiger partial charge in [0.25, 0.3) is 0 Å². The lowest BCUT2D eigenvalue weighted by Gasteiger charge is -2.15. The number of hydrogen-bond acceptors (Lipinski definition) is 4. The second kappa shape index (κ2) is 8.12. The smallest absolute Gasteiger partial charge is 0.218 e. The average Bonchev–Trinajstić information content (AvgIpc) is 2.33. The molecule has 0 aliphatic heterocycles. The summed E-state index contributed by atoms with van der Waals surface area (Å²) in [5.74, 6) is 0.789. The Morgan fingerprint density at radius 1 is 1.32 bits per heavy atom. The highest BCUT2D eigenvalue weighted by molar-refractivity contribution is 5.35. The highest BCUT2D eigenvalue weighted by Crippen LogP contribution is 2.21. The molecule has 0 amide bonds. The van der Waals surface area contributed by atoms with Crippen molar-refractivity contribution in [3.8, 4) is 5.88 Å². The van der Waals surface area contributed by atoms with E-state index in [1.165, 1.54) is 11.1 Å². The van der Waals surface area contributed by atoms with Gasteiger partial charge in [0.1, 0.15) is 0 Å². The van der Waals surface area contributed by atoms with Crippen molar-refractivity contribution < 1.29 is 4.74 Å². The van der Waals surface area contributed by atoms with Gasteiger partial charge in [0.2, 0.25) is 5.88 Å². The fourth-order valence-corrected chi connectivity index (χ4v) is 1.96. The Labute approximate surface area is 117 Å². The van der Waals surface area contributed by atoms with E-state index in [0.717, 1.165) is 37.6 Å². The maximum atomic E-state index is 5.87. The van der Waals surface area contributed by atoms with Gasteiger partial charge in [0.05, 0.1) is 6.61 Å². The van der Waals surface area contributed by atoms with Gasteiger partial charge in [-0.3, -0.25) is 0 Å². The van der Waals surface area contributed by atoms with Crippen molar-refractivity contribution in [3.05, 3.63) is 22.9 Å².